The van der Waals surface area contributed by atoms with Gasteiger partial charge in [-0.1, -0.05) is 19.6 Å². The maximum atomic E-state index is 15.4. The molecule has 2 heterocycles. The molecule has 3 rings (SSSR count). The number of imide groups is 1. The molecule has 0 bridgehead atoms. The van der Waals surface area contributed by atoms with Gasteiger partial charge in [-0.15, -0.1) is 0 Å². The monoisotopic (exact) mass is 553 g/mol. The highest BCUT2D eigenvalue weighted by Crippen LogP contribution is 2.35. The summed E-state index contributed by atoms with van der Waals surface area (Å²) in [6, 6.07) is 3.13. The van der Waals surface area contributed by atoms with Crippen LogP contribution in [0.25, 0.3) is 0 Å². The van der Waals surface area contributed by atoms with Gasteiger partial charge in [0.1, 0.15) is 24.0 Å². The van der Waals surface area contributed by atoms with E-state index < -0.39 is 49.1 Å². The van der Waals surface area contributed by atoms with Crippen molar-refractivity contribution < 1.29 is 32.6 Å². The van der Waals surface area contributed by atoms with Crippen molar-refractivity contribution in [2.24, 2.45) is 0 Å². The number of ether oxygens (including phenoxy) is 2. The van der Waals surface area contributed by atoms with Crippen LogP contribution in [-0.2, 0) is 19.1 Å². The van der Waals surface area contributed by atoms with Crippen LogP contribution in [0.2, 0.25) is 25.7 Å². The molecule has 0 N–H and O–H groups in total. The molecule has 11 heteroatoms. The Morgan fingerprint density at radius 3 is 2.29 bits per heavy atom. The summed E-state index contributed by atoms with van der Waals surface area (Å²) in [6.45, 7) is 15.1. The van der Waals surface area contributed by atoms with Gasteiger partial charge in [0.25, 0.3) is 0 Å². The van der Waals surface area contributed by atoms with Crippen molar-refractivity contribution in [1.29, 1.82) is 0 Å². The lowest BCUT2D eigenvalue weighted by molar-refractivity contribution is -0.155. The van der Waals surface area contributed by atoms with E-state index in [2.05, 4.69) is 19.6 Å². The van der Waals surface area contributed by atoms with E-state index >= 15 is 8.78 Å². The number of rotatable bonds is 7. The summed E-state index contributed by atoms with van der Waals surface area (Å²) >= 11 is 0. The number of piperazine rings is 1. The van der Waals surface area contributed by atoms with E-state index in [0.29, 0.717) is 31.9 Å². The normalized spacial score (nSPS) is 21.2. The number of carbonyl (C=O) groups is 3. The Hall–Kier alpha value is -2.53. The van der Waals surface area contributed by atoms with Gasteiger partial charge in [-0.3, -0.25) is 14.5 Å². The minimum absolute atomic E-state index is 0.0120. The Kier molecular flexibility index (Phi) is 9.23. The average Bonchev–Trinajstić information content (AvgIpc) is 2.77. The molecule has 2 saturated heterocycles. The van der Waals surface area contributed by atoms with E-state index in [-0.39, 0.29) is 31.2 Å². The van der Waals surface area contributed by atoms with Gasteiger partial charge in [0.15, 0.2) is 0 Å². The van der Waals surface area contributed by atoms with Crippen LogP contribution in [0.4, 0.5) is 19.3 Å². The molecular weight excluding hydrogens is 512 g/mol. The molecule has 0 spiro atoms. The van der Waals surface area contributed by atoms with Crippen LogP contribution in [0.3, 0.4) is 0 Å². The topological polar surface area (TPSA) is 79.4 Å². The average molecular weight is 554 g/mol. The van der Waals surface area contributed by atoms with Gasteiger partial charge >= 0.3 is 6.09 Å². The van der Waals surface area contributed by atoms with E-state index in [9.17, 15) is 14.4 Å². The number of piperidine rings is 1. The second-order valence-electron chi connectivity index (χ2n) is 12.4. The fourth-order valence-electron chi connectivity index (χ4n) is 4.68. The Balaban J connectivity index is 1.71. The van der Waals surface area contributed by atoms with Crippen molar-refractivity contribution in [2.75, 3.05) is 37.9 Å². The Morgan fingerprint density at radius 1 is 1.11 bits per heavy atom. The third-order valence-electron chi connectivity index (χ3n) is 6.75. The molecule has 38 heavy (non-hydrogen) atoms. The number of hydrogen-bond acceptors (Lipinski definition) is 6. The van der Waals surface area contributed by atoms with E-state index in [4.69, 9.17) is 9.47 Å². The van der Waals surface area contributed by atoms with E-state index in [1.54, 1.807) is 25.7 Å². The third-order valence-corrected chi connectivity index (χ3v) is 8.46. The summed E-state index contributed by atoms with van der Waals surface area (Å²) in [5.74, 6) is -3.78. The second-order valence-corrected chi connectivity index (χ2v) is 18.0. The molecule has 0 aromatic heterocycles. The number of halogens is 2. The summed E-state index contributed by atoms with van der Waals surface area (Å²) in [7, 11) is -1.35. The Bertz CT molecular complexity index is 1030. The molecule has 1 aromatic carbocycles. The number of benzene rings is 1. The highest BCUT2D eigenvalue weighted by atomic mass is 28.3. The molecule has 2 aliphatic heterocycles. The van der Waals surface area contributed by atoms with Crippen LogP contribution in [0.1, 0.15) is 52.0 Å². The van der Waals surface area contributed by atoms with Gasteiger partial charge in [0.05, 0.1) is 5.92 Å². The Labute approximate surface area is 225 Å². The highest BCUT2D eigenvalue weighted by molar-refractivity contribution is 6.76. The van der Waals surface area contributed by atoms with E-state index in [1.807, 2.05) is 11.8 Å². The zero-order chi connectivity index (χ0) is 28.4. The predicted molar refractivity (Wildman–Crippen MR) is 144 cm³/mol. The number of likely N-dealkylation sites (tertiary alicyclic amines) is 1. The lowest BCUT2D eigenvalue weighted by atomic mass is 9.88. The maximum absolute atomic E-state index is 15.4. The molecule has 0 saturated carbocycles. The SMILES string of the molecule is C[C@@H]1CN(C(=O)OC(C)(C)C)CCN1c1cc(F)c(C2CCC(=O)N(COCC[Si](C)(C)C)C2=O)c(F)c1. The standard InChI is InChI=1S/C27H41F2N3O5Si/c1-18-16-30(26(35)37-27(2,3)4)10-11-31(18)19-14-21(28)24(22(29)15-19)20-8-9-23(33)32(25(20)34)17-36-12-13-38(5,6)7/h14-15,18,20H,8-13,16-17H2,1-7H3/t18-,20?/m1/s1. The third kappa shape index (κ3) is 7.53. The number of anilines is 1. The fraction of sp³-hybridized carbons (Fsp3) is 0.667. The molecule has 0 radical (unpaired) electrons. The van der Waals surface area contributed by atoms with E-state index in [1.165, 1.54) is 12.1 Å². The first-order chi connectivity index (χ1) is 17.6. The minimum atomic E-state index is -1.35. The van der Waals surface area contributed by atoms with Crippen molar-refractivity contribution in [3.8, 4) is 0 Å². The quantitative estimate of drug-likeness (QED) is 0.270. The summed E-state index contributed by atoms with van der Waals surface area (Å²) < 4.78 is 41.8. The first kappa shape index (κ1) is 30.0. The fourth-order valence-corrected chi connectivity index (χ4v) is 5.43. The first-order valence-corrected chi connectivity index (χ1v) is 16.9. The van der Waals surface area contributed by atoms with Gasteiger partial charge in [-0.05, 0) is 52.3 Å². The second kappa shape index (κ2) is 11.7. The molecule has 1 unspecified atom stereocenters. The van der Waals surface area contributed by atoms with Crippen LogP contribution in [-0.4, -0.2) is 80.4 Å². The molecular formula is C27H41F2N3O5Si. The van der Waals surface area contributed by atoms with Gasteiger partial charge in [-0.2, -0.15) is 0 Å². The summed E-state index contributed by atoms with van der Waals surface area (Å²) in [5, 5.41) is 0. The molecule has 2 atom stereocenters. The largest absolute Gasteiger partial charge is 0.444 e. The first-order valence-electron chi connectivity index (χ1n) is 13.2. The molecule has 8 nitrogen and oxygen atoms in total. The predicted octanol–water partition coefficient (Wildman–Crippen LogP) is 4.96. The van der Waals surface area contributed by atoms with Crippen LogP contribution in [0.5, 0.6) is 0 Å². The van der Waals surface area contributed by atoms with Crippen molar-refractivity contribution >= 4 is 31.7 Å². The molecule has 2 aliphatic rings. The smallest absolute Gasteiger partial charge is 0.410 e. The van der Waals surface area contributed by atoms with Gasteiger partial charge in [0, 0.05) is 58.0 Å². The summed E-state index contributed by atoms with van der Waals surface area (Å²) in [5.41, 5.74) is -0.597. The van der Waals surface area contributed by atoms with Crippen LogP contribution >= 0.6 is 0 Å². The number of amides is 3. The van der Waals surface area contributed by atoms with Crippen LogP contribution < -0.4 is 4.90 Å². The van der Waals surface area contributed by atoms with Crippen LogP contribution in [0.15, 0.2) is 12.1 Å². The number of carbonyl (C=O) groups excluding carboxylic acids is 3. The summed E-state index contributed by atoms with van der Waals surface area (Å²) in [6.07, 6.45) is -0.365. The number of hydrogen-bond donors (Lipinski definition) is 0. The van der Waals surface area contributed by atoms with Gasteiger partial charge in [-0.25, -0.2) is 13.6 Å². The van der Waals surface area contributed by atoms with Crippen molar-refractivity contribution in [1.82, 2.24) is 9.80 Å². The highest BCUT2D eigenvalue weighted by Gasteiger charge is 2.39. The molecule has 2 fully saturated rings. The minimum Gasteiger partial charge on any atom is -0.444 e. The number of nitrogens with zero attached hydrogens (tertiary/aromatic N) is 3. The van der Waals surface area contributed by atoms with Gasteiger partial charge < -0.3 is 19.3 Å². The van der Waals surface area contributed by atoms with E-state index in [0.717, 1.165) is 10.9 Å². The molecule has 3 amide bonds. The van der Waals surface area contributed by atoms with Crippen molar-refractivity contribution in [3.05, 3.63) is 29.3 Å². The van der Waals surface area contributed by atoms with Crippen molar-refractivity contribution in [2.45, 2.75) is 83.8 Å². The lowest BCUT2D eigenvalue weighted by Crippen LogP contribution is -2.54. The lowest BCUT2D eigenvalue weighted by Gasteiger charge is -2.41. The maximum Gasteiger partial charge on any atom is 0.410 e. The Morgan fingerprint density at radius 2 is 1.74 bits per heavy atom. The zero-order valence-corrected chi connectivity index (χ0v) is 24.6. The zero-order valence-electron chi connectivity index (χ0n) is 23.6. The molecule has 1 aromatic rings. The molecule has 0 aliphatic carbocycles. The van der Waals surface area contributed by atoms with Gasteiger partial charge in [0.2, 0.25) is 11.8 Å². The van der Waals surface area contributed by atoms with Crippen LogP contribution in [0, 0.1) is 11.6 Å². The molecule has 212 valence electrons. The van der Waals surface area contributed by atoms with Crippen molar-refractivity contribution in [3.63, 3.8) is 0 Å². The summed E-state index contributed by atoms with van der Waals surface area (Å²) in [4.78, 5) is 42.3.